The van der Waals surface area contributed by atoms with E-state index in [9.17, 15) is 4.79 Å². The van der Waals surface area contributed by atoms with Crippen molar-refractivity contribution in [2.24, 2.45) is 0 Å². The number of carbonyl (C=O) groups excluding carboxylic acids is 1. The molecule has 1 aliphatic rings. The number of ether oxygens (including phenoxy) is 1. The highest BCUT2D eigenvalue weighted by molar-refractivity contribution is 7.80. The molecule has 2 aromatic carbocycles. The summed E-state index contributed by atoms with van der Waals surface area (Å²) in [6.45, 7) is 1.80. The van der Waals surface area contributed by atoms with Crippen LogP contribution in [0, 0.1) is 0 Å². The molecule has 1 aliphatic heterocycles. The molecule has 2 aromatic rings. The number of methoxy groups -OCH3 is 1. The number of nitrogens with one attached hydrogen (secondary N) is 3. The van der Waals surface area contributed by atoms with Gasteiger partial charge in [-0.15, -0.1) is 0 Å². The number of amides is 1. The van der Waals surface area contributed by atoms with Crippen molar-refractivity contribution >= 4 is 52.1 Å². The van der Waals surface area contributed by atoms with Gasteiger partial charge < -0.3 is 20.7 Å². The summed E-state index contributed by atoms with van der Waals surface area (Å²) in [5.74, 6) is 0.389. The molecule has 0 bridgehead atoms. The Bertz CT molecular complexity index is 946. The molecule has 0 aromatic heterocycles. The molecule has 8 heteroatoms. The number of carbonyl (C=O) groups is 1. The van der Waals surface area contributed by atoms with Gasteiger partial charge in [-0.05, 0) is 49.0 Å². The summed E-state index contributed by atoms with van der Waals surface area (Å²) >= 11 is 17.4. The van der Waals surface area contributed by atoms with Gasteiger partial charge in [0.2, 0.25) is 0 Å². The Balaban J connectivity index is 1.95. The highest BCUT2D eigenvalue weighted by Gasteiger charge is 2.30. The lowest BCUT2D eigenvalue weighted by Gasteiger charge is -2.30. The van der Waals surface area contributed by atoms with Gasteiger partial charge >= 0.3 is 0 Å². The summed E-state index contributed by atoms with van der Waals surface area (Å²) in [5.41, 5.74) is 2.57. The lowest BCUT2D eigenvalue weighted by atomic mass is 9.95. The number of benzene rings is 2. The molecule has 27 heavy (non-hydrogen) atoms. The first-order chi connectivity index (χ1) is 12.9. The van der Waals surface area contributed by atoms with E-state index in [0.717, 1.165) is 5.56 Å². The Labute approximate surface area is 172 Å². The number of allylic oxidation sites excluding steroid dienone is 1. The van der Waals surface area contributed by atoms with Crippen LogP contribution in [0.5, 0.6) is 5.75 Å². The van der Waals surface area contributed by atoms with Crippen LogP contribution in [0.15, 0.2) is 53.7 Å². The number of hydrogen-bond acceptors (Lipinski definition) is 3. The Kier molecular flexibility index (Phi) is 5.89. The standard InChI is InChI=1S/C19H17Cl2N3O2S/c1-10-16(18(25)23-12-4-3-5-13(9-12)26-2)17(24-19(27)22-10)11-6-7-14(20)15(21)8-11/h3-9,17H,1-2H3,(H,23,25)(H2,22,24,27). The normalized spacial score (nSPS) is 16.4. The summed E-state index contributed by atoms with van der Waals surface area (Å²) in [4.78, 5) is 13.0. The first kappa shape index (κ1) is 19.5. The van der Waals surface area contributed by atoms with Crippen molar-refractivity contribution < 1.29 is 9.53 Å². The highest BCUT2D eigenvalue weighted by atomic mass is 35.5. The van der Waals surface area contributed by atoms with Crippen molar-refractivity contribution in [1.29, 1.82) is 0 Å². The number of hydrogen-bond donors (Lipinski definition) is 3. The fourth-order valence-corrected chi connectivity index (χ4v) is 3.41. The van der Waals surface area contributed by atoms with Crippen molar-refractivity contribution in [2.45, 2.75) is 13.0 Å². The second-order valence-corrected chi connectivity index (χ2v) is 7.15. The Morgan fingerprint density at radius 1 is 1.19 bits per heavy atom. The maximum atomic E-state index is 13.0. The monoisotopic (exact) mass is 421 g/mol. The topological polar surface area (TPSA) is 62.4 Å². The molecule has 140 valence electrons. The van der Waals surface area contributed by atoms with Gasteiger partial charge in [0, 0.05) is 17.5 Å². The third-order valence-electron chi connectivity index (χ3n) is 4.12. The van der Waals surface area contributed by atoms with Crippen molar-refractivity contribution in [1.82, 2.24) is 10.6 Å². The van der Waals surface area contributed by atoms with Gasteiger partial charge in [-0.25, -0.2) is 0 Å². The molecule has 1 heterocycles. The first-order valence-corrected chi connectivity index (χ1v) is 9.24. The zero-order chi connectivity index (χ0) is 19.6. The van der Waals surface area contributed by atoms with Crippen LogP contribution in [0.4, 0.5) is 5.69 Å². The third-order valence-corrected chi connectivity index (χ3v) is 5.08. The molecule has 0 aliphatic carbocycles. The molecule has 1 atom stereocenters. The van der Waals surface area contributed by atoms with Crippen molar-refractivity contribution in [3.05, 3.63) is 69.3 Å². The maximum Gasteiger partial charge on any atom is 0.255 e. The summed E-state index contributed by atoms with van der Waals surface area (Å²) in [6, 6.07) is 11.9. The molecule has 0 fully saturated rings. The lowest BCUT2D eigenvalue weighted by Crippen LogP contribution is -2.45. The van der Waals surface area contributed by atoms with E-state index in [4.69, 9.17) is 40.2 Å². The summed E-state index contributed by atoms with van der Waals surface area (Å²) in [5, 5.41) is 10.3. The number of anilines is 1. The van der Waals surface area contributed by atoms with Gasteiger partial charge in [-0.2, -0.15) is 0 Å². The maximum absolute atomic E-state index is 13.0. The van der Waals surface area contributed by atoms with E-state index in [2.05, 4.69) is 16.0 Å². The molecule has 5 nitrogen and oxygen atoms in total. The number of halogens is 2. The van der Waals surface area contributed by atoms with Crippen LogP contribution in [0.1, 0.15) is 18.5 Å². The average molecular weight is 422 g/mol. The summed E-state index contributed by atoms with van der Waals surface area (Å²) in [6.07, 6.45) is 0. The minimum absolute atomic E-state index is 0.265. The molecular formula is C19H17Cl2N3O2S. The molecule has 1 unspecified atom stereocenters. The molecule has 0 saturated carbocycles. The minimum atomic E-state index is -0.459. The molecule has 3 rings (SSSR count). The zero-order valence-corrected chi connectivity index (χ0v) is 16.9. The van der Waals surface area contributed by atoms with Gasteiger partial charge in [0.15, 0.2) is 5.11 Å². The predicted molar refractivity (Wildman–Crippen MR) is 112 cm³/mol. The van der Waals surface area contributed by atoms with Crippen LogP contribution in [-0.2, 0) is 4.79 Å². The quantitative estimate of drug-likeness (QED) is 0.637. The molecule has 3 N–H and O–H groups in total. The molecule has 1 amide bonds. The number of thiocarbonyl (C=S) groups is 1. The van der Waals surface area contributed by atoms with Crippen molar-refractivity contribution in [3.8, 4) is 5.75 Å². The Morgan fingerprint density at radius 2 is 1.96 bits per heavy atom. The fraction of sp³-hybridized carbons (Fsp3) is 0.158. The molecule has 0 radical (unpaired) electrons. The zero-order valence-electron chi connectivity index (χ0n) is 14.6. The van der Waals surface area contributed by atoms with E-state index < -0.39 is 6.04 Å². The minimum Gasteiger partial charge on any atom is -0.497 e. The van der Waals surface area contributed by atoms with Crippen LogP contribution in [-0.4, -0.2) is 18.1 Å². The van der Waals surface area contributed by atoms with E-state index in [-0.39, 0.29) is 5.91 Å². The van der Waals surface area contributed by atoms with E-state index in [1.54, 1.807) is 50.4 Å². The Hall–Kier alpha value is -2.28. The second kappa shape index (κ2) is 8.17. The van der Waals surface area contributed by atoms with E-state index in [1.807, 2.05) is 6.07 Å². The molecular weight excluding hydrogens is 405 g/mol. The van der Waals surface area contributed by atoms with Crippen molar-refractivity contribution in [3.63, 3.8) is 0 Å². The van der Waals surface area contributed by atoms with Crippen LogP contribution in [0.2, 0.25) is 10.0 Å². The van der Waals surface area contributed by atoms with Crippen molar-refractivity contribution in [2.75, 3.05) is 12.4 Å². The van der Waals surface area contributed by atoms with Crippen LogP contribution in [0.25, 0.3) is 0 Å². The van der Waals surface area contributed by atoms with Gasteiger partial charge in [-0.3, -0.25) is 4.79 Å². The molecule has 0 saturated heterocycles. The number of rotatable bonds is 4. The SMILES string of the molecule is COc1cccc(NC(=O)C2=C(C)NC(=S)NC2c2ccc(Cl)c(Cl)c2)c1. The highest BCUT2D eigenvalue weighted by Crippen LogP contribution is 2.32. The molecule has 0 spiro atoms. The van der Waals surface area contributed by atoms with E-state index in [1.165, 1.54) is 0 Å². The first-order valence-electron chi connectivity index (χ1n) is 8.07. The lowest BCUT2D eigenvalue weighted by molar-refractivity contribution is -0.113. The largest absolute Gasteiger partial charge is 0.497 e. The fourth-order valence-electron chi connectivity index (χ4n) is 2.84. The van der Waals surface area contributed by atoms with E-state index >= 15 is 0 Å². The van der Waals surface area contributed by atoms with Gasteiger partial charge in [-0.1, -0.05) is 35.3 Å². The summed E-state index contributed by atoms with van der Waals surface area (Å²) < 4.78 is 5.20. The van der Waals surface area contributed by atoms with E-state index in [0.29, 0.717) is 37.9 Å². The van der Waals surface area contributed by atoms with Gasteiger partial charge in [0.25, 0.3) is 5.91 Å². The van der Waals surface area contributed by atoms with Crippen LogP contribution in [0.3, 0.4) is 0 Å². The predicted octanol–water partition coefficient (Wildman–Crippen LogP) is 4.43. The van der Waals surface area contributed by atoms with Crippen LogP contribution < -0.4 is 20.7 Å². The van der Waals surface area contributed by atoms with Gasteiger partial charge in [0.1, 0.15) is 5.75 Å². The second-order valence-electron chi connectivity index (χ2n) is 5.93. The third kappa shape index (κ3) is 4.35. The van der Waals surface area contributed by atoms with Gasteiger partial charge in [0.05, 0.1) is 28.8 Å². The average Bonchev–Trinajstić information content (AvgIpc) is 2.63. The smallest absolute Gasteiger partial charge is 0.255 e. The summed E-state index contributed by atoms with van der Waals surface area (Å²) in [7, 11) is 1.57. The Morgan fingerprint density at radius 3 is 2.67 bits per heavy atom. The van der Waals surface area contributed by atoms with Crippen LogP contribution >= 0.6 is 35.4 Å².